The molecule has 0 amide bonds. The molecular weight excluding hydrogens is 168 g/mol. The van der Waals surface area contributed by atoms with E-state index < -0.39 is 0 Å². The first kappa shape index (κ1) is 9.76. The molecule has 0 aromatic heterocycles. The van der Waals surface area contributed by atoms with Crippen molar-refractivity contribution in [3.05, 3.63) is 35.4 Å². The number of hydrogen-bond donors (Lipinski definition) is 0. The Balaban J connectivity index is 2.20. The van der Waals surface area contributed by atoms with Gasteiger partial charge in [-0.05, 0) is 41.7 Å². The summed E-state index contributed by atoms with van der Waals surface area (Å²) in [6, 6.07) is 9.14. The smallest absolute Gasteiger partial charge is 0.0162 e. The maximum absolute atomic E-state index is 2.40. The first-order valence-corrected chi connectivity index (χ1v) is 5.78. The third-order valence-electron chi connectivity index (χ3n) is 3.43. The molecule has 76 valence electrons. The number of hydrogen-bond acceptors (Lipinski definition) is 0. The van der Waals surface area contributed by atoms with Crippen LogP contribution in [0.25, 0.3) is 0 Å². The molecule has 1 saturated carbocycles. The quantitative estimate of drug-likeness (QED) is 0.662. The van der Waals surface area contributed by atoms with Crippen LogP contribution in [-0.4, -0.2) is 0 Å². The summed E-state index contributed by atoms with van der Waals surface area (Å²) in [7, 11) is 0. The van der Waals surface area contributed by atoms with Crippen LogP contribution in [0.5, 0.6) is 0 Å². The van der Waals surface area contributed by atoms with Gasteiger partial charge in [-0.25, -0.2) is 0 Å². The fourth-order valence-electron chi connectivity index (χ4n) is 2.07. The van der Waals surface area contributed by atoms with Crippen LogP contribution in [0.2, 0.25) is 0 Å². The van der Waals surface area contributed by atoms with Gasteiger partial charge in [0.2, 0.25) is 0 Å². The summed E-state index contributed by atoms with van der Waals surface area (Å²) in [5.74, 6) is 2.40. The highest BCUT2D eigenvalue weighted by Gasteiger charge is 2.28. The largest absolute Gasteiger partial charge is 0.0617 e. The zero-order chi connectivity index (χ0) is 10.1. The molecule has 0 aliphatic heterocycles. The molecule has 0 heteroatoms. The zero-order valence-electron chi connectivity index (χ0n) is 9.46. The molecule has 0 nitrogen and oxygen atoms in total. The van der Waals surface area contributed by atoms with Crippen LogP contribution in [0.1, 0.15) is 56.6 Å². The van der Waals surface area contributed by atoms with E-state index in [2.05, 4.69) is 45.0 Å². The van der Waals surface area contributed by atoms with Gasteiger partial charge in [-0.2, -0.15) is 0 Å². The molecular formula is C14H20. The van der Waals surface area contributed by atoms with E-state index in [9.17, 15) is 0 Å². The van der Waals surface area contributed by atoms with Crippen molar-refractivity contribution in [1.82, 2.24) is 0 Å². The summed E-state index contributed by atoms with van der Waals surface area (Å²) >= 11 is 0. The van der Waals surface area contributed by atoms with Gasteiger partial charge in [-0.1, -0.05) is 45.0 Å². The van der Waals surface area contributed by atoms with Crippen molar-refractivity contribution in [3.63, 3.8) is 0 Å². The maximum atomic E-state index is 2.40. The van der Waals surface area contributed by atoms with Crippen LogP contribution in [0.3, 0.4) is 0 Å². The lowest BCUT2D eigenvalue weighted by Gasteiger charge is -2.13. The molecule has 1 aliphatic rings. The van der Waals surface area contributed by atoms with E-state index in [1.807, 2.05) is 0 Å². The Morgan fingerprint density at radius 1 is 1.07 bits per heavy atom. The van der Waals surface area contributed by atoms with Gasteiger partial charge in [0, 0.05) is 0 Å². The molecule has 1 atom stereocenters. The van der Waals surface area contributed by atoms with Gasteiger partial charge < -0.3 is 0 Å². The molecule has 1 unspecified atom stereocenters. The molecule has 0 N–H and O–H groups in total. The van der Waals surface area contributed by atoms with Crippen LogP contribution < -0.4 is 0 Å². The Morgan fingerprint density at radius 3 is 2.29 bits per heavy atom. The van der Waals surface area contributed by atoms with Gasteiger partial charge in [0.05, 0.1) is 0 Å². The highest BCUT2D eigenvalue weighted by Crippen LogP contribution is 2.42. The SMILES string of the molecule is CC(C)c1cccc(C(C)C2CC2)c1. The van der Waals surface area contributed by atoms with Gasteiger partial charge in [0.25, 0.3) is 0 Å². The highest BCUT2D eigenvalue weighted by molar-refractivity contribution is 5.29. The predicted molar refractivity (Wildman–Crippen MR) is 61.7 cm³/mol. The minimum atomic E-state index is 0.654. The second-order valence-corrected chi connectivity index (χ2v) is 4.95. The zero-order valence-corrected chi connectivity index (χ0v) is 9.46. The average Bonchev–Trinajstić information content (AvgIpc) is 3.00. The Hall–Kier alpha value is -0.780. The van der Waals surface area contributed by atoms with E-state index in [4.69, 9.17) is 0 Å². The molecule has 0 saturated heterocycles. The molecule has 0 spiro atoms. The number of benzene rings is 1. The molecule has 1 aliphatic carbocycles. The third-order valence-corrected chi connectivity index (χ3v) is 3.43. The van der Waals surface area contributed by atoms with Gasteiger partial charge in [0.1, 0.15) is 0 Å². The summed E-state index contributed by atoms with van der Waals surface area (Å²) in [6.45, 7) is 6.90. The Labute approximate surface area is 87.3 Å². The normalized spacial score (nSPS) is 18.6. The minimum absolute atomic E-state index is 0.654. The number of rotatable bonds is 3. The Morgan fingerprint density at radius 2 is 1.71 bits per heavy atom. The molecule has 1 aromatic rings. The lowest BCUT2D eigenvalue weighted by molar-refractivity contribution is 0.662. The van der Waals surface area contributed by atoms with Crippen LogP contribution in [0.15, 0.2) is 24.3 Å². The van der Waals surface area contributed by atoms with Gasteiger partial charge in [-0.3, -0.25) is 0 Å². The fraction of sp³-hybridized carbons (Fsp3) is 0.571. The van der Waals surface area contributed by atoms with Gasteiger partial charge in [0.15, 0.2) is 0 Å². The van der Waals surface area contributed by atoms with E-state index in [-0.39, 0.29) is 0 Å². The average molecular weight is 188 g/mol. The summed E-state index contributed by atoms with van der Waals surface area (Å²) < 4.78 is 0. The van der Waals surface area contributed by atoms with Crippen LogP contribution >= 0.6 is 0 Å². The molecule has 0 bridgehead atoms. The van der Waals surface area contributed by atoms with Crippen molar-refractivity contribution in [1.29, 1.82) is 0 Å². The molecule has 14 heavy (non-hydrogen) atoms. The van der Waals surface area contributed by atoms with Crippen molar-refractivity contribution >= 4 is 0 Å². The minimum Gasteiger partial charge on any atom is -0.0617 e. The molecule has 2 rings (SSSR count). The summed E-state index contributed by atoms with van der Waals surface area (Å²) in [5, 5.41) is 0. The maximum Gasteiger partial charge on any atom is -0.0162 e. The molecule has 0 heterocycles. The van der Waals surface area contributed by atoms with Crippen molar-refractivity contribution in [2.75, 3.05) is 0 Å². The molecule has 0 radical (unpaired) electrons. The lowest BCUT2D eigenvalue weighted by atomic mass is 9.92. The van der Waals surface area contributed by atoms with E-state index in [1.165, 1.54) is 18.4 Å². The summed E-state index contributed by atoms with van der Waals surface area (Å²) in [6.07, 6.45) is 2.88. The third kappa shape index (κ3) is 2.00. The van der Waals surface area contributed by atoms with Crippen molar-refractivity contribution in [3.8, 4) is 0 Å². The molecule has 1 fully saturated rings. The lowest BCUT2D eigenvalue weighted by Crippen LogP contribution is -1.97. The van der Waals surface area contributed by atoms with E-state index in [1.54, 1.807) is 5.56 Å². The first-order chi connectivity index (χ1) is 6.68. The second kappa shape index (κ2) is 3.76. The Bertz CT molecular complexity index is 308. The monoisotopic (exact) mass is 188 g/mol. The molecule has 1 aromatic carbocycles. The van der Waals surface area contributed by atoms with E-state index in [0.717, 1.165) is 11.8 Å². The van der Waals surface area contributed by atoms with Crippen LogP contribution in [0, 0.1) is 5.92 Å². The van der Waals surface area contributed by atoms with Crippen LogP contribution in [0.4, 0.5) is 0 Å². The van der Waals surface area contributed by atoms with Crippen molar-refractivity contribution in [2.45, 2.75) is 45.4 Å². The second-order valence-electron chi connectivity index (χ2n) is 4.95. The first-order valence-electron chi connectivity index (χ1n) is 5.78. The van der Waals surface area contributed by atoms with E-state index in [0.29, 0.717) is 5.92 Å². The van der Waals surface area contributed by atoms with Crippen molar-refractivity contribution < 1.29 is 0 Å². The van der Waals surface area contributed by atoms with Gasteiger partial charge in [-0.15, -0.1) is 0 Å². The standard InChI is InChI=1S/C14H20/c1-10(2)13-5-4-6-14(9-13)11(3)12-7-8-12/h4-6,9-12H,7-8H2,1-3H3. The topological polar surface area (TPSA) is 0 Å². The highest BCUT2D eigenvalue weighted by atomic mass is 14.3. The summed E-state index contributed by atoms with van der Waals surface area (Å²) in [5.41, 5.74) is 3.02. The van der Waals surface area contributed by atoms with Crippen LogP contribution in [-0.2, 0) is 0 Å². The van der Waals surface area contributed by atoms with E-state index >= 15 is 0 Å². The van der Waals surface area contributed by atoms with Crippen molar-refractivity contribution in [2.24, 2.45) is 5.92 Å². The van der Waals surface area contributed by atoms with Gasteiger partial charge >= 0.3 is 0 Å². The summed E-state index contributed by atoms with van der Waals surface area (Å²) in [4.78, 5) is 0. The predicted octanol–water partition coefficient (Wildman–Crippen LogP) is 4.32. The fourth-order valence-corrected chi connectivity index (χ4v) is 2.07. The Kier molecular flexibility index (Phi) is 2.62.